The highest BCUT2D eigenvalue weighted by atomic mass is 79.9. The van der Waals surface area contributed by atoms with Gasteiger partial charge in [-0.2, -0.15) is 0 Å². The Morgan fingerprint density at radius 2 is 1.70 bits per heavy atom. The van der Waals surface area contributed by atoms with Gasteiger partial charge in [-0.1, -0.05) is 28.1 Å². The largest absolute Gasteiger partial charge is 0.494 e. The third-order valence-corrected chi connectivity index (χ3v) is 3.94. The van der Waals surface area contributed by atoms with Gasteiger partial charge in [0.05, 0.1) is 23.3 Å². The zero-order chi connectivity index (χ0) is 16.2. The van der Waals surface area contributed by atoms with Crippen molar-refractivity contribution in [2.24, 2.45) is 0 Å². The van der Waals surface area contributed by atoms with Crippen LogP contribution in [0.15, 0.2) is 48.5 Å². The third-order valence-electron chi connectivity index (χ3n) is 3.41. The standard InChI is InChI=1S/C18H15BrN2O2/c1-2-23-13-9-7-12(8-10-13)18(22)17-16(11-19)20-14-5-3-4-6-15(14)21-17/h3-10H,2,11H2,1H3. The summed E-state index contributed by atoms with van der Waals surface area (Å²) in [5.74, 6) is 0.607. The van der Waals surface area contributed by atoms with Gasteiger partial charge in [-0.15, -0.1) is 0 Å². The van der Waals surface area contributed by atoms with Crippen LogP contribution in [0.25, 0.3) is 11.0 Å². The fourth-order valence-corrected chi connectivity index (χ4v) is 2.71. The van der Waals surface area contributed by atoms with Crippen LogP contribution in [0.3, 0.4) is 0 Å². The molecule has 116 valence electrons. The first-order valence-electron chi connectivity index (χ1n) is 7.32. The molecule has 0 amide bonds. The molecule has 0 spiro atoms. The van der Waals surface area contributed by atoms with Crippen LogP contribution in [0, 0.1) is 0 Å². The Kier molecular flexibility index (Phi) is 4.67. The fraction of sp³-hybridized carbons (Fsp3) is 0.167. The number of ketones is 1. The second kappa shape index (κ2) is 6.87. The van der Waals surface area contributed by atoms with E-state index in [-0.39, 0.29) is 5.78 Å². The minimum absolute atomic E-state index is 0.138. The Morgan fingerprint density at radius 3 is 2.30 bits per heavy atom. The number of nitrogens with zero attached hydrogens (tertiary/aromatic N) is 2. The maximum atomic E-state index is 12.8. The molecule has 0 aliphatic heterocycles. The molecule has 0 unspecified atom stereocenters. The van der Waals surface area contributed by atoms with E-state index in [1.807, 2.05) is 31.2 Å². The highest BCUT2D eigenvalue weighted by Gasteiger charge is 2.17. The number of hydrogen-bond acceptors (Lipinski definition) is 4. The summed E-state index contributed by atoms with van der Waals surface area (Å²) in [6.07, 6.45) is 0. The summed E-state index contributed by atoms with van der Waals surface area (Å²) in [4.78, 5) is 21.8. The lowest BCUT2D eigenvalue weighted by Crippen LogP contribution is -2.10. The third kappa shape index (κ3) is 3.24. The lowest BCUT2D eigenvalue weighted by atomic mass is 10.1. The summed E-state index contributed by atoms with van der Waals surface area (Å²) < 4.78 is 5.40. The SMILES string of the molecule is CCOc1ccc(C(=O)c2nc3ccccc3nc2CBr)cc1. The molecule has 0 saturated heterocycles. The number of carbonyl (C=O) groups is 1. The molecule has 23 heavy (non-hydrogen) atoms. The number of fused-ring (bicyclic) bond motifs is 1. The summed E-state index contributed by atoms with van der Waals surface area (Å²) in [5, 5.41) is 0.475. The quantitative estimate of drug-likeness (QED) is 0.499. The maximum absolute atomic E-state index is 12.8. The van der Waals surface area contributed by atoms with Crippen LogP contribution < -0.4 is 4.74 Å². The Hall–Kier alpha value is -2.27. The summed E-state index contributed by atoms with van der Waals surface area (Å²) in [7, 11) is 0. The highest BCUT2D eigenvalue weighted by Crippen LogP contribution is 2.20. The summed E-state index contributed by atoms with van der Waals surface area (Å²) in [6.45, 7) is 2.52. The molecule has 0 fully saturated rings. The molecule has 1 aromatic heterocycles. The summed E-state index contributed by atoms with van der Waals surface area (Å²) >= 11 is 3.39. The smallest absolute Gasteiger partial charge is 0.213 e. The molecular weight excluding hydrogens is 356 g/mol. The number of carbonyl (C=O) groups excluding carboxylic acids is 1. The van der Waals surface area contributed by atoms with E-state index in [0.717, 1.165) is 11.3 Å². The molecule has 5 heteroatoms. The van der Waals surface area contributed by atoms with Gasteiger partial charge in [0.25, 0.3) is 0 Å². The molecule has 3 rings (SSSR count). The topological polar surface area (TPSA) is 52.1 Å². The Labute approximate surface area is 142 Å². The van der Waals surface area contributed by atoms with Gasteiger partial charge < -0.3 is 4.74 Å². The highest BCUT2D eigenvalue weighted by molar-refractivity contribution is 9.08. The predicted molar refractivity (Wildman–Crippen MR) is 93.2 cm³/mol. The minimum Gasteiger partial charge on any atom is -0.494 e. The van der Waals surface area contributed by atoms with Crippen molar-refractivity contribution < 1.29 is 9.53 Å². The molecule has 0 N–H and O–H groups in total. The van der Waals surface area contributed by atoms with E-state index in [1.165, 1.54) is 0 Å². The van der Waals surface area contributed by atoms with Crippen molar-refractivity contribution in [3.8, 4) is 5.75 Å². The van der Waals surface area contributed by atoms with Gasteiger partial charge in [-0.25, -0.2) is 9.97 Å². The maximum Gasteiger partial charge on any atom is 0.213 e. The van der Waals surface area contributed by atoms with Crippen molar-refractivity contribution in [3.63, 3.8) is 0 Å². The van der Waals surface area contributed by atoms with Gasteiger partial charge >= 0.3 is 0 Å². The van der Waals surface area contributed by atoms with Crippen molar-refractivity contribution in [2.75, 3.05) is 6.61 Å². The van der Waals surface area contributed by atoms with Crippen molar-refractivity contribution in [1.29, 1.82) is 0 Å². The zero-order valence-corrected chi connectivity index (χ0v) is 14.2. The number of para-hydroxylation sites is 2. The van der Waals surface area contributed by atoms with Gasteiger partial charge in [-0.05, 0) is 43.3 Å². The Bertz CT molecular complexity index is 847. The second-order valence-corrected chi connectivity index (χ2v) is 5.49. The molecule has 0 aliphatic rings. The summed E-state index contributed by atoms with van der Waals surface area (Å²) in [6, 6.07) is 14.6. The average Bonchev–Trinajstić information content (AvgIpc) is 2.61. The fourth-order valence-electron chi connectivity index (χ4n) is 2.32. The van der Waals surface area contributed by atoms with Crippen molar-refractivity contribution in [2.45, 2.75) is 12.3 Å². The molecule has 0 aliphatic carbocycles. The second-order valence-electron chi connectivity index (χ2n) is 4.93. The molecule has 0 atom stereocenters. The Balaban J connectivity index is 2.02. The molecule has 0 bridgehead atoms. The van der Waals surface area contributed by atoms with E-state index >= 15 is 0 Å². The molecule has 0 radical (unpaired) electrons. The molecule has 1 heterocycles. The van der Waals surface area contributed by atoms with Gasteiger partial charge in [0.1, 0.15) is 11.4 Å². The van der Waals surface area contributed by atoms with Crippen molar-refractivity contribution in [1.82, 2.24) is 9.97 Å². The average molecular weight is 371 g/mol. The van der Waals surface area contributed by atoms with Crippen LogP contribution in [0.1, 0.15) is 28.7 Å². The first-order valence-corrected chi connectivity index (χ1v) is 8.44. The lowest BCUT2D eigenvalue weighted by molar-refractivity contribution is 0.103. The van der Waals surface area contributed by atoms with Gasteiger partial charge in [0.15, 0.2) is 0 Å². The van der Waals surface area contributed by atoms with Crippen LogP contribution >= 0.6 is 15.9 Å². The lowest BCUT2D eigenvalue weighted by Gasteiger charge is -2.08. The molecule has 3 aromatic rings. The van der Waals surface area contributed by atoms with E-state index in [4.69, 9.17) is 4.74 Å². The predicted octanol–water partition coefficient (Wildman–Crippen LogP) is 4.15. The van der Waals surface area contributed by atoms with E-state index in [9.17, 15) is 4.79 Å². The number of hydrogen-bond donors (Lipinski definition) is 0. The van der Waals surface area contributed by atoms with Crippen LogP contribution in [0.4, 0.5) is 0 Å². The van der Waals surface area contributed by atoms with Crippen molar-refractivity contribution >= 4 is 32.7 Å². The van der Waals surface area contributed by atoms with Gasteiger partial charge in [0.2, 0.25) is 5.78 Å². The van der Waals surface area contributed by atoms with E-state index < -0.39 is 0 Å². The van der Waals surface area contributed by atoms with E-state index in [0.29, 0.717) is 34.4 Å². The van der Waals surface area contributed by atoms with Crippen LogP contribution in [-0.4, -0.2) is 22.4 Å². The van der Waals surface area contributed by atoms with Crippen molar-refractivity contribution in [3.05, 3.63) is 65.5 Å². The van der Waals surface area contributed by atoms with Crippen LogP contribution in [0.5, 0.6) is 5.75 Å². The zero-order valence-electron chi connectivity index (χ0n) is 12.6. The first kappa shape index (κ1) is 15.6. The van der Waals surface area contributed by atoms with Gasteiger partial charge in [0, 0.05) is 10.9 Å². The number of ether oxygens (including phenoxy) is 1. The monoisotopic (exact) mass is 370 g/mol. The van der Waals surface area contributed by atoms with E-state index in [1.54, 1.807) is 24.3 Å². The Morgan fingerprint density at radius 1 is 1.04 bits per heavy atom. The normalized spacial score (nSPS) is 10.7. The number of benzene rings is 2. The van der Waals surface area contributed by atoms with Crippen LogP contribution in [-0.2, 0) is 5.33 Å². The van der Waals surface area contributed by atoms with Gasteiger partial charge in [-0.3, -0.25) is 4.79 Å². The number of alkyl halides is 1. The minimum atomic E-state index is -0.138. The number of rotatable bonds is 5. The number of halogens is 1. The molecule has 2 aromatic carbocycles. The van der Waals surface area contributed by atoms with E-state index in [2.05, 4.69) is 25.9 Å². The summed E-state index contributed by atoms with van der Waals surface area (Å²) in [5.41, 5.74) is 3.09. The first-order chi connectivity index (χ1) is 11.2. The number of aromatic nitrogens is 2. The molecule has 4 nitrogen and oxygen atoms in total. The molecular formula is C18H15BrN2O2. The van der Waals surface area contributed by atoms with Crippen LogP contribution in [0.2, 0.25) is 0 Å². The molecule has 0 saturated carbocycles.